The van der Waals surface area contributed by atoms with Crippen molar-refractivity contribution in [2.75, 3.05) is 11.1 Å². The normalized spacial score (nSPS) is 19.9. The number of amides is 1. The Balaban J connectivity index is 1.36. The first-order chi connectivity index (χ1) is 18.3. The molecule has 1 aromatic heterocycles. The van der Waals surface area contributed by atoms with E-state index in [0.717, 1.165) is 31.2 Å². The largest absolute Gasteiger partial charge is 0.392 e. The molecule has 38 heavy (non-hydrogen) atoms. The molecule has 6 nitrogen and oxygen atoms in total. The number of hydrogen-bond donors (Lipinski definition) is 2. The van der Waals surface area contributed by atoms with Crippen LogP contribution in [0.4, 0.5) is 5.69 Å². The second kappa shape index (κ2) is 12.1. The van der Waals surface area contributed by atoms with Crippen molar-refractivity contribution in [3.8, 4) is 0 Å². The molecule has 0 radical (unpaired) electrons. The van der Waals surface area contributed by atoms with Gasteiger partial charge in [0.15, 0.2) is 10.6 Å². The highest BCUT2D eigenvalue weighted by atomic mass is 35.6. The van der Waals surface area contributed by atoms with Gasteiger partial charge in [-0.2, -0.15) is 0 Å². The summed E-state index contributed by atoms with van der Waals surface area (Å²) >= 11 is 20.4. The number of nitrogens with one attached hydrogen (secondary N) is 1. The molecule has 1 amide bonds. The molecule has 198 valence electrons. The average Bonchev–Trinajstić information content (AvgIpc) is 3.34. The molecule has 0 bridgehead atoms. The van der Waals surface area contributed by atoms with Gasteiger partial charge >= 0.3 is 0 Å². The Morgan fingerprint density at radius 1 is 1.05 bits per heavy atom. The minimum Gasteiger partial charge on any atom is -0.392 e. The fourth-order valence-corrected chi connectivity index (χ4v) is 6.32. The molecule has 11 heteroatoms. The first-order valence-corrected chi connectivity index (χ1v) is 14.7. The molecular formula is C27H23Cl3N2O4S2. The Morgan fingerprint density at radius 2 is 1.84 bits per heavy atom. The van der Waals surface area contributed by atoms with E-state index in [4.69, 9.17) is 49.3 Å². The van der Waals surface area contributed by atoms with Crippen molar-refractivity contribution in [3.05, 3.63) is 89.5 Å². The Hall–Kier alpha value is -1.88. The first-order valence-electron chi connectivity index (χ1n) is 11.8. The predicted octanol–water partition coefficient (Wildman–Crippen LogP) is 7.44. The van der Waals surface area contributed by atoms with Crippen LogP contribution in [0.2, 0.25) is 0 Å². The molecule has 0 spiro atoms. The lowest BCUT2D eigenvalue weighted by atomic mass is 10.0. The Morgan fingerprint density at radius 3 is 2.58 bits per heavy atom. The highest BCUT2D eigenvalue weighted by Crippen LogP contribution is 2.41. The number of thioether (sulfide) groups is 1. The van der Waals surface area contributed by atoms with Gasteiger partial charge < -0.3 is 19.9 Å². The quantitative estimate of drug-likeness (QED) is 0.168. The van der Waals surface area contributed by atoms with E-state index in [0.29, 0.717) is 17.9 Å². The summed E-state index contributed by atoms with van der Waals surface area (Å²) in [4.78, 5) is 16.9. The summed E-state index contributed by atoms with van der Waals surface area (Å²) < 4.78 is 12.8. The second-order valence-corrected chi connectivity index (χ2v) is 13.3. The van der Waals surface area contributed by atoms with Gasteiger partial charge in [-0.15, -0.1) is 11.3 Å². The van der Waals surface area contributed by atoms with Gasteiger partial charge in [-0.05, 0) is 35.4 Å². The van der Waals surface area contributed by atoms with Crippen molar-refractivity contribution in [3.63, 3.8) is 0 Å². The van der Waals surface area contributed by atoms with Crippen LogP contribution in [0, 0.1) is 0 Å². The zero-order valence-corrected chi connectivity index (χ0v) is 23.8. The van der Waals surface area contributed by atoms with E-state index in [2.05, 4.69) is 11.4 Å². The van der Waals surface area contributed by atoms with Crippen molar-refractivity contribution < 1.29 is 19.4 Å². The first kappa shape index (κ1) is 27.7. The molecular weight excluding hydrogens is 587 g/mol. The zero-order chi connectivity index (χ0) is 26.7. The van der Waals surface area contributed by atoms with Gasteiger partial charge in [-0.1, -0.05) is 95.1 Å². The maximum Gasteiger partial charge on any atom is 0.276 e. The fraction of sp³-hybridized carbons (Fsp3) is 0.259. The van der Waals surface area contributed by atoms with Crippen LogP contribution >= 0.6 is 57.9 Å². The van der Waals surface area contributed by atoms with Gasteiger partial charge in [0.25, 0.3) is 9.70 Å². The van der Waals surface area contributed by atoms with Crippen LogP contribution in [0.15, 0.2) is 77.1 Å². The van der Waals surface area contributed by atoms with E-state index in [9.17, 15) is 9.90 Å². The second-order valence-electron chi connectivity index (χ2n) is 8.69. The predicted molar refractivity (Wildman–Crippen MR) is 154 cm³/mol. The van der Waals surface area contributed by atoms with Gasteiger partial charge in [0.05, 0.1) is 29.0 Å². The van der Waals surface area contributed by atoms with Gasteiger partial charge in [-0.25, -0.2) is 4.98 Å². The van der Waals surface area contributed by atoms with Gasteiger partial charge in [0.1, 0.15) is 0 Å². The highest BCUT2D eigenvalue weighted by Gasteiger charge is 2.33. The molecule has 4 aromatic rings. The van der Waals surface area contributed by atoms with E-state index in [1.807, 2.05) is 48.5 Å². The van der Waals surface area contributed by atoms with Gasteiger partial charge in [-0.3, -0.25) is 4.79 Å². The maximum absolute atomic E-state index is 12.2. The number of halogens is 3. The van der Waals surface area contributed by atoms with Crippen LogP contribution in [0.25, 0.3) is 10.2 Å². The van der Waals surface area contributed by atoms with Crippen molar-refractivity contribution >= 4 is 79.7 Å². The number of aliphatic hydroxyl groups is 1. The third-order valence-corrected chi connectivity index (χ3v) is 8.78. The Labute approximate surface area is 243 Å². The van der Waals surface area contributed by atoms with Crippen molar-refractivity contribution in [1.82, 2.24) is 4.98 Å². The summed E-state index contributed by atoms with van der Waals surface area (Å²) in [6.45, 7) is -0.0221. The number of carbonyl (C=O) groups is 1. The number of thiazole rings is 1. The minimum absolute atomic E-state index is 0.0221. The van der Waals surface area contributed by atoms with Gasteiger partial charge in [0.2, 0.25) is 0 Å². The van der Waals surface area contributed by atoms with Gasteiger partial charge in [0, 0.05) is 23.4 Å². The van der Waals surface area contributed by atoms with Crippen LogP contribution in [-0.2, 0) is 20.9 Å². The van der Waals surface area contributed by atoms with Crippen LogP contribution in [-0.4, -0.2) is 31.6 Å². The van der Waals surface area contributed by atoms with E-state index in [-0.39, 0.29) is 18.8 Å². The number of hydrogen-bond acceptors (Lipinski definition) is 7. The zero-order valence-electron chi connectivity index (χ0n) is 19.9. The summed E-state index contributed by atoms with van der Waals surface area (Å²) in [7, 11) is 0. The number of para-hydroxylation sites is 1. The maximum atomic E-state index is 12.2. The molecule has 1 fully saturated rings. The van der Waals surface area contributed by atoms with Crippen LogP contribution < -0.4 is 5.32 Å². The Kier molecular flexibility index (Phi) is 8.82. The van der Waals surface area contributed by atoms with Crippen LogP contribution in [0.1, 0.15) is 35.5 Å². The number of alkyl halides is 3. The molecule has 1 aliphatic rings. The number of nitrogens with zero attached hydrogens (tertiary/aromatic N) is 1. The van der Waals surface area contributed by atoms with E-state index >= 15 is 0 Å². The summed E-state index contributed by atoms with van der Waals surface area (Å²) in [6.07, 6.45) is -0.400. The highest BCUT2D eigenvalue weighted by molar-refractivity contribution is 8.01. The molecule has 2 heterocycles. The molecule has 3 atom stereocenters. The number of fused-ring (bicyclic) bond motifs is 1. The number of aliphatic hydroxyl groups excluding tert-OH is 1. The number of carbonyl (C=O) groups excluding carboxylic acids is 1. The molecule has 5 rings (SSSR count). The van der Waals surface area contributed by atoms with E-state index in [1.165, 1.54) is 0 Å². The topological polar surface area (TPSA) is 80.7 Å². The number of anilines is 1. The molecule has 2 N–H and O–H groups in total. The fourth-order valence-electron chi connectivity index (χ4n) is 4.06. The summed E-state index contributed by atoms with van der Waals surface area (Å²) in [6, 6.07) is 22.9. The molecule has 0 unspecified atom stereocenters. The lowest BCUT2D eigenvalue weighted by molar-refractivity contribution is -0.245. The van der Waals surface area contributed by atoms with Crippen molar-refractivity contribution in [1.29, 1.82) is 0 Å². The van der Waals surface area contributed by atoms with E-state index in [1.54, 1.807) is 41.3 Å². The van der Waals surface area contributed by atoms with Crippen molar-refractivity contribution in [2.24, 2.45) is 0 Å². The number of rotatable bonds is 7. The van der Waals surface area contributed by atoms with Crippen molar-refractivity contribution in [2.45, 2.75) is 39.7 Å². The lowest BCUT2D eigenvalue weighted by Crippen LogP contribution is -2.31. The molecule has 3 aromatic carbocycles. The number of aromatic nitrogens is 1. The van der Waals surface area contributed by atoms with Crippen LogP contribution in [0.5, 0.6) is 0 Å². The third-order valence-electron chi connectivity index (χ3n) is 5.96. The molecule has 0 aliphatic carbocycles. The SMILES string of the molecule is O=C(Nc1cccc([C@H]2O[C@@H](CSc3nc4ccccc4s3)C[C@@H](c3ccc(CO)cc3)O2)c1)C(Cl)(Cl)Cl. The molecule has 0 saturated carbocycles. The lowest BCUT2D eigenvalue weighted by Gasteiger charge is -2.36. The summed E-state index contributed by atoms with van der Waals surface area (Å²) in [5, 5.41) is 12.0. The number of ether oxygens (including phenoxy) is 2. The monoisotopic (exact) mass is 608 g/mol. The third kappa shape index (κ3) is 6.81. The molecule has 1 saturated heterocycles. The smallest absolute Gasteiger partial charge is 0.276 e. The average molecular weight is 610 g/mol. The van der Waals surface area contributed by atoms with Crippen LogP contribution in [0.3, 0.4) is 0 Å². The Bertz CT molecular complexity index is 1380. The standard InChI is InChI=1S/C27H23Cl3N2O4S2/c28-27(29,30)25(34)31-19-5-3-4-18(12-19)24-35-20(13-22(36-24)17-10-8-16(14-33)9-11-17)15-37-26-32-21-6-1-2-7-23(21)38-26/h1-12,20,22,24,33H,13-15H2,(H,31,34)/t20-,22+,24+/m1/s1. The number of benzene rings is 3. The van der Waals surface area contributed by atoms with E-state index < -0.39 is 16.0 Å². The molecule has 1 aliphatic heterocycles. The summed E-state index contributed by atoms with van der Waals surface area (Å²) in [5.41, 5.74) is 3.99. The minimum atomic E-state index is -2.08. The summed E-state index contributed by atoms with van der Waals surface area (Å²) in [5.74, 6) is -0.0636.